The normalized spacial score (nSPS) is 35.0. The molecule has 2 fully saturated rings. The van der Waals surface area contributed by atoms with Crippen LogP contribution in [0, 0.1) is 11.8 Å². The van der Waals surface area contributed by atoms with Crippen LogP contribution < -0.4 is 11.2 Å². The highest BCUT2D eigenvalue weighted by Crippen LogP contribution is 2.46. The lowest BCUT2D eigenvalue weighted by Gasteiger charge is -2.23. The smallest absolute Gasteiger partial charge is 0.330 e. The van der Waals surface area contributed by atoms with E-state index in [1.165, 1.54) is 16.8 Å². The summed E-state index contributed by atoms with van der Waals surface area (Å²) < 4.78 is 13.0. The maximum atomic E-state index is 12.0. The average Bonchev–Trinajstić information content (AvgIpc) is 3.01. The number of ether oxygens (including phenoxy) is 2. The fourth-order valence-electron chi connectivity index (χ4n) is 3.49. The van der Waals surface area contributed by atoms with Gasteiger partial charge in [0.2, 0.25) is 0 Å². The van der Waals surface area contributed by atoms with E-state index in [0.717, 1.165) is 12.8 Å². The Labute approximate surface area is 121 Å². The summed E-state index contributed by atoms with van der Waals surface area (Å²) in [5.74, 6) is 0.311. The molecule has 21 heavy (non-hydrogen) atoms. The number of nitrogens with one attached hydrogen (secondary N) is 1. The van der Waals surface area contributed by atoms with Gasteiger partial charge in [-0.15, -0.1) is 0 Å². The van der Waals surface area contributed by atoms with Crippen molar-refractivity contribution in [2.45, 2.75) is 38.2 Å². The summed E-state index contributed by atoms with van der Waals surface area (Å²) in [6.07, 6.45) is 2.32. The highest BCUT2D eigenvalue weighted by atomic mass is 16.6. The molecule has 7 heteroatoms. The summed E-state index contributed by atoms with van der Waals surface area (Å²) in [6.45, 7) is 2.58. The Morgan fingerprint density at radius 2 is 2.29 bits per heavy atom. The van der Waals surface area contributed by atoms with Crippen molar-refractivity contribution in [3.63, 3.8) is 0 Å². The topological polar surface area (TPSA) is 93.6 Å². The van der Waals surface area contributed by atoms with E-state index in [1.54, 1.807) is 0 Å². The molecule has 0 radical (unpaired) electrons. The number of aliphatic hydroxyl groups is 1. The Morgan fingerprint density at radius 1 is 1.48 bits per heavy atom. The molecular weight excluding hydrogens is 276 g/mol. The van der Waals surface area contributed by atoms with Crippen LogP contribution in [0.5, 0.6) is 0 Å². The zero-order valence-electron chi connectivity index (χ0n) is 11.9. The Balaban J connectivity index is 1.96. The van der Waals surface area contributed by atoms with E-state index in [4.69, 9.17) is 9.47 Å². The summed E-state index contributed by atoms with van der Waals surface area (Å²) in [5.41, 5.74) is -0.927. The zero-order valence-corrected chi connectivity index (χ0v) is 11.9. The quantitative estimate of drug-likeness (QED) is 0.806. The van der Waals surface area contributed by atoms with Crippen molar-refractivity contribution in [3.05, 3.63) is 33.1 Å². The molecule has 2 N–H and O–H groups in total. The van der Waals surface area contributed by atoms with Crippen molar-refractivity contribution in [1.29, 1.82) is 0 Å². The van der Waals surface area contributed by atoms with E-state index < -0.39 is 23.6 Å². The number of hydrogen-bond acceptors (Lipinski definition) is 5. The highest BCUT2D eigenvalue weighted by molar-refractivity contribution is 4.99. The molecule has 1 aromatic heterocycles. The van der Waals surface area contributed by atoms with E-state index in [0.29, 0.717) is 12.5 Å². The molecule has 2 saturated heterocycles. The number of aromatic amines is 1. The second-order valence-corrected chi connectivity index (χ2v) is 5.69. The second-order valence-electron chi connectivity index (χ2n) is 5.69. The zero-order chi connectivity index (χ0) is 15.0. The largest absolute Gasteiger partial charge is 0.394 e. The van der Waals surface area contributed by atoms with E-state index in [2.05, 4.69) is 11.9 Å². The van der Waals surface area contributed by atoms with Gasteiger partial charge in [-0.2, -0.15) is 0 Å². The molecule has 116 valence electrons. The molecular formula is C14H20N2O5. The number of aliphatic hydroxyl groups excluding tert-OH is 1. The van der Waals surface area contributed by atoms with Crippen LogP contribution in [0.15, 0.2) is 21.9 Å². The van der Waals surface area contributed by atoms with Crippen LogP contribution in [0.2, 0.25) is 0 Å². The third-order valence-corrected chi connectivity index (χ3v) is 4.40. The molecule has 0 bridgehead atoms. The van der Waals surface area contributed by atoms with Crippen molar-refractivity contribution >= 4 is 0 Å². The third kappa shape index (κ3) is 2.45. The van der Waals surface area contributed by atoms with Gasteiger partial charge in [0, 0.05) is 18.2 Å². The molecule has 0 aromatic carbocycles. The van der Waals surface area contributed by atoms with Crippen molar-refractivity contribution in [2.24, 2.45) is 11.8 Å². The molecule has 5 atom stereocenters. The van der Waals surface area contributed by atoms with Gasteiger partial charge in [0.15, 0.2) is 0 Å². The van der Waals surface area contributed by atoms with Gasteiger partial charge in [0.25, 0.3) is 5.56 Å². The molecule has 0 saturated carbocycles. The lowest BCUT2D eigenvalue weighted by Crippen LogP contribution is -2.35. The molecule has 7 nitrogen and oxygen atoms in total. The van der Waals surface area contributed by atoms with Crippen LogP contribution in [0.4, 0.5) is 0 Å². The number of hydrogen-bond donors (Lipinski definition) is 2. The standard InChI is InChI=1S/C14H20N2O5/c1-2-3-8-7-20-12-9(6-17)21-13(11(8)12)16-5-4-10(18)15-14(16)19/h4-5,8-9,11-13,17H,2-3,6-7H2,1H3,(H,15,18,19)/t8?,9-,11+,12+,13-/m1/s1. The number of nitrogens with zero attached hydrogens (tertiary/aromatic N) is 1. The van der Waals surface area contributed by atoms with Gasteiger partial charge in [-0.3, -0.25) is 14.3 Å². The van der Waals surface area contributed by atoms with E-state index in [-0.39, 0.29) is 18.6 Å². The van der Waals surface area contributed by atoms with Crippen molar-refractivity contribution in [3.8, 4) is 0 Å². The molecule has 3 rings (SSSR count). The fraction of sp³-hybridized carbons (Fsp3) is 0.714. The fourth-order valence-corrected chi connectivity index (χ4v) is 3.49. The van der Waals surface area contributed by atoms with Gasteiger partial charge >= 0.3 is 5.69 Å². The summed E-state index contributed by atoms with van der Waals surface area (Å²) in [7, 11) is 0. The Hall–Kier alpha value is -1.44. The molecule has 0 amide bonds. The third-order valence-electron chi connectivity index (χ3n) is 4.40. The molecule has 2 aliphatic heterocycles. The Bertz CT molecular complexity index is 610. The number of H-pyrrole nitrogens is 1. The molecule has 1 unspecified atom stereocenters. The summed E-state index contributed by atoms with van der Waals surface area (Å²) in [4.78, 5) is 25.4. The molecule has 0 spiro atoms. The van der Waals surface area contributed by atoms with Crippen LogP contribution in [0.25, 0.3) is 0 Å². The number of aromatic nitrogens is 2. The van der Waals surface area contributed by atoms with Crippen LogP contribution in [-0.2, 0) is 9.47 Å². The number of rotatable bonds is 4. The maximum Gasteiger partial charge on any atom is 0.330 e. The van der Waals surface area contributed by atoms with Gasteiger partial charge in [0.05, 0.1) is 19.3 Å². The lowest BCUT2D eigenvalue weighted by molar-refractivity contribution is -0.0721. The van der Waals surface area contributed by atoms with Gasteiger partial charge in [-0.25, -0.2) is 4.79 Å². The first-order valence-corrected chi connectivity index (χ1v) is 7.35. The maximum absolute atomic E-state index is 12.0. The minimum Gasteiger partial charge on any atom is -0.394 e. The van der Waals surface area contributed by atoms with Crippen molar-refractivity contribution in [2.75, 3.05) is 13.2 Å². The molecule has 1 aromatic rings. The van der Waals surface area contributed by atoms with Gasteiger partial charge in [-0.1, -0.05) is 13.3 Å². The van der Waals surface area contributed by atoms with Gasteiger partial charge < -0.3 is 14.6 Å². The number of fused-ring (bicyclic) bond motifs is 1. The monoisotopic (exact) mass is 296 g/mol. The minimum atomic E-state index is -0.504. The Morgan fingerprint density at radius 3 is 2.95 bits per heavy atom. The first-order valence-electron chi connectivity index (χ1n) is 7.35. The van der Waals surface area contributed by atoms with Crippen molar-refractivity contribution in [1.82, 2.24) is 9.55 Å². The predicted molar refractivity (Wildman–Crippen MR) is 73.9 cm³/mol. The molecule has 3 heterocycles. The Kier molecular flexibility index (Phi) is 3.97. The SMILES string of the molecule is CCCC1CO[C@@H]2[C@H]1[C@H](n1ccc(=O)[nH]c1=O)O[C@@H]2CO. The average molecular weight is 296 g/mol. The van der Waals surface area contributed by atoms with E-state index in [9.17, 15) is 14.7 Å². The second kappa shape index (κ2) is 5.75. The predicted octanol–water partition coefficient (Wildman–Crippen LogP) is -0.142. The summed E-state index contributed by atoms with van der Waals surface area (Å²) in [5, 5.41) is 9.46. The summed E-state index contributed by atoms with van der Waals surface area (Å²) >= 11 is 0. The summed E-state index contributed by atoms with van der Waals surface area (Å²) in [6, 6.07) is 1.30. The van der Waals surface area contributed by atoms with Crippen LogP contribution >= 0.6 is 0 Å². The van der Waals surface area contributed by atoms with Gasteiger partial charge in [-0.05, 0) is 12.3 Å². The molecule has 0 aliphatic carbocycles. The van der Waals surface area contributed by atoms with Crippen LogP contribution in [-0.4, -0.2) is 40.1 Å². The lowest BCUT2D eigenvalue weighted by atomic mass is 9.86. The van der Waals surface area contributed by atoms with Crippen molar-refractivity contribution < 1.29 is 14.6 Å². The first kappa shape index (κ1) is 14.5. The van der Waals surface area contributed by atoms with E-state index in [1.807, 2.05) is 0 Å². The highest BCUT2D eigenvalue weighted by Gasteiger charge is 2.53. The minimum absolute atomic E-state index is 0.0192. The first-order chi connectivity index (χ1) is 10.2. The van der Waals surface area contributed by atoms with E-state index >= 15 is 0 Å². The van der Waals surface area contributed by atoms with Gasteiger partial charge in [0.1, 0.15) is 12.3 Å². The van der Waals surface area contributed by atoms with Crippen LogP contribution in [0.1, 0.15) is 26.0 Å². The molecule has 2 aliphatic rings. The van der Waals surface area contributed by atoms with Crippen LogP contribution in [0.3, 0.4) is 0 Å².